The van der Waals surface area contributed by atoms with Gasteiger partial charge in [0.25, 0.3) is 5.69 Å². The minimum Gasteiger partial charge on any atom is -0.449 e. The van der Waals surface area contributed by atoms with Crippen molar-refractivity contribution >= 4 is 26.9 Å². The molecule has 0 heterocycles. The third-order valence-corrected chi connectivity index (χ3v) is 3.33. The predicted octanol–water partition coefficient (Wildman–Crippen LogP) is 1.46. The van der Waals surface area contributed by atoms with E-state index in [4.69, 9.17) is 0 Å². The number of hydrogen-bond acceptors (Lipinski definition) is 5. The molecule has 9 heteroatoms. The van der Waals surface area contributed by atoms with E-state index in [-0.39, 0.29) is 12.2 Å². The van der Waals surface area contributed by atoms with E-state index in [0.717, 1.165) is 23.6 Å². The lowest BCUT2D eigenvalue weighted by molar-refractivity contribution is -0.385. The van der Waals surface area contributed by atoms with Crippen LogP contribution in [0, 0.1) is 15.9 Å². The highest BCUT2D eigenvalue weighted by Crippen LogP contribution is 2.15. The van der Waals surface area contributed by atoms with Crippen molar-refractivity contribution in [2.24, 2.45) is 0 Å². The van der Waals surface area contributed by atoms with Gasteiger partial charge in [0.15, 0.2) is 0 Å². The summed E-state index contributed by atoms with van der Waals surface area (Å²) in [6, 6.07) is 2.77. The van der Waals surface area contributed by atoms with Crippen molar-refractivity contribution < 1.29 is 23.1 Å². The number of rotatable bonds is 4. The number of non-ortho nitro benzene ring substituents is 1. The molecule has 1 amide bonds. The number of carbonyl (C=O) groups is 1. The molecule has 1 N–H and O–H groups in total. The predicted molar refractivity (Wildman–Crippen MR) is 72.4 cm³/mol. The SMILES string of the molecule is CCOC(=O)NS(C)(=O)=Cc1cc(F)cc([N+](=O)[O-])c1. The van der Waals surface area contributed by atoms with Crippen LogP contribution in [0.2, 0.25) is 0 Å². The van der Waals surface area contributed by atoms with Crippen LogP contribution in [0.5, 0.6) is 0 Å². The van der Waals surface area contributed by atoms with Gasteiger partial charge in [0.05, 0.1) is 27.3 Å². The van der Waals surface area contributed by atoms with E-state index in [1.807, 2.05) is 0 Å². The Balaban J connectivity index is 3.12. The summed E-state index contributed by atoms with van der Waals surface area (Å²) in [5.74, 6) is -0.836. The molecular weight excluding hydrogens is 291 g/mol. The molecule has 0 aliphatic heterocycles. The van der Waals surface area contributed by atoms with Crippen LogP contribution in [0.3, 0.4) is 0 Å². The molecule has 1 rings (SSSR count). The summed E-state index contributed by atoms with van der Waals surface area (Å²) >= 11 is 0. The van der Waals surface area contributed by atoms with E-state index in [0.29, 0.717) is 0 Å². The standard InChI is InChI=1S/C11H13FN2O5S/c1-3-19-11(15)13-20(2,18)7-8-4-9(12)6-10(5-8)14(16)17/h4-7H,3H2,1-2H3,(H,13,15,18). The lowest BCUT2D eigenvalue weighted by Gasteiger charge is -2.08. The zero-order chi connectivity index (χ0) is 15.3. The topological polar surface area (TPSA) is 98.5 Å². The van der Waals surface area contributed by atoms with Crippen LogP contribution in [0.25, 0.3) is 0 Å². The van der Waals surface area contributed by atoms with Crippen LogP contribution >= 0.6 is 0 Å². The Kier molecular flexibility index (Phi) is 5.03. The molecule has 0 aliphatic carbocycles. The van der Waals surface area contributed by atoms with Crippen LogP contribution < -0.4 is 4.72 Å². The maximum atomic E-state index is 13.2. The number of halogens is 1. The van der Waals surface area contributed by atoms with Gasteiger partial charge in [-0.2, -0.15) is 0 Å². The van der Waals surface area contributed by atoms with Crippen molar-refractivity contribution in [3.8, 4) is 0 Å². The molecule has 7 nitrogen and oxygen atoms in total. The van der Waals surface area contributed by atoms with Gasteiger partial charge >= 0.3 is 6.09 Å². The fourth-order valence-corrected chi connectivity index (χ4v) is 2.49. The van der Waals surface area contributed by atoms with Crippen molar-refractivity contribution in [2.75, 3.05) is 12.9 Å². The summed E-state index contributed by atoms with van der Waals surface area (Å²) in [4.78, 5) is 21.0. The molecule has 0 spiro atoms. The monoisotopic (exact) mass is 304 g/mol. The van der Waals surface area contributed by atoms with Crippen molar-refractivity contribution in [3.05, 3.63) is 39.7 Å². The van der Waals surface area contributed by atoms with Gasteiger partial charge in [-0.25, -0.2) is 18.1 Å². The normalized spacial score (nSPS) is 13.2. The van der Waals surface area contributed by atoms with E-state index in [9.17, 15) is 23.5 Å². The second-order valence-electron chi connectivity index (χ2n) is 3.84. The average Bonchev–Trinajstić information content (AvgIpc) is 2.26. The van der Waals surface area contributed by atoms with Gasteiger partial charge in [0.2, 0.25) is 0 Å². The molecule has 0 radical (unpaired) electrons. The van der Waals surface area contributed by atoms with Gasteiger partial charge in [-0.05, 0) is 18.6 Å². The van der Waals surface area contributed by atoms with Crippen LogP contribution in [-0.2, 0) is 14.4 Å². The Hall–Kier alpha value is -2.16. The van der Waals surface area contributed by atoms with Crippen LogP contribution in [0.4, 0.5) is 14.9 Å². The Morgan fingerprint density at radius 1 is 1.55 bits per heavy atom. The highest BCUT2D eigenvalue weighted by atomic mass is 32.2. The Labute approximate surface area is 115 Å². The maximum absolute atomic E-state index is 13.2. The van der Waals surface area contributed by atoms with E-state index >= 15 is 0 Å². The number of hydrogen-bond donors (Lipinski definition) is 1. The lowest BCUT2D eigenvalue weighted by atomic mass is 10.2. The van der Waals surface area contributed by atoms with Gasteiger partial charge in [0.1, 0.15) is 5.82 Å². The summed E-state index contributed by atoms with van der Waals surface area (Å²) < 4.78 is 32.0. The number of carbonyl (C=O) groups excluding carboxylic acids is 1. The van der Waals surface area contributed by atoms with E-state index in [1.54, 1.807) is 6.92 Å². The first kappa shape index (κ1) is 15.9. The summed E-state index contributed by atoms with van der Waals surface area (Å²) in [5.41, 5.74) is -0.441. The molecule has 0 saturated heterocycles. The summed E-state index contributed by atoms with van der Waals surface area (Å²) in [6.45, 7) is 1.68. The minimum absolute atomic E-state index is 0.0287. The molecule has 1 aromatic rings. The first-order chi connectivity index (χ1) is 9.23. The molecule has 1 unspecified atom stereocenters. The third kappa shape index (κ3) is 4.84. The van der Waals surface area contributed by atoms with E-state index in [2.05, 4.69) is 9.46 Å². The molecule has 20 heavy (non-hydrogen) atoms. The smallest absolute Gasteiger partial charge is 0.418 e. The second-order valence-corrected chi connectivity index (χ2v) is 6.09. The van der Waals surface area contributed by atoms with Gasteiger partial charge in [-0.15, -0.1) is 0 Å². The molecule has 1 atom stereocenters. The number of nitrogens with one attached hydrogen (secondary N) is 1. The molecular formula is C11H13FN2O5S. The molecule has 110 valence electrons. The zero-order valence-electron chi connectivity index (χ0n) is 10.8. The number of nitro groups is 1. The van der Waals surface area contributed by atoms with Crippen molar-refractivity contribution in [1.82, 2.24) is 4.72 Å². The van der Waals surface area contributed by atoms with Crippen molar-refractivity contribution in [3.63, 3.8) is 0 Å². The molecule has 0 aliphatic rings. The van der Waals surface area contributed by atoms with Gasteiger partial charge in [-0.3, -0.25) is 10.1 Å². The van der Waals surface area contributed by atoms with Gasteiger partial charge in [0, 0.05) is 17.7 Å². The Bertz CT molecular complexity index is 652. The van der Waals surface area contributed by atoms with Gasteiger partial charge < -0.3 is 4.74 Å². The highest BCUT2D eigenvalue weighted by molar-refractivity contribution is 7.99. The summed E-state index contributed by atoms with van der Waals surface area (Å²) in [7, 11) is -3.00. The lowest BCUT2D eigenvalue weighted by Crippen LogP contribution is -2.31. The molecule has 0 bridgehead atoms. The van der Waals surface area contributed by atoms with Crippen molar-refractivity contribution in [2.45, 2.75) is 6.92 Å². The molecule has 0 saturated carbocycles. The fraction of sp³-hybridized carbons (Fsp3) is 0.273. The highest BCUT2D eigenvalue weighted by Gasteiger charge is 2.11. The van der Waals surface area contributed by atoms with E-state index < -0.39 is 32.2 Å². The zero-order valence-corrected chi connectivity index (χ0v) is 11.6. The summed E-state index contributed by atoms with van der Waals surface area (Å²) in [5, 5.41) is 11.6. The minimum atomic E-state index is -3.00. The molecule has 0 fully saturated rings. The van der Waals surface area contributed by atoms with Crippen LogP contribution in [0.1, 0.15) is 12.5 Å². The first-order valence-electron chi connectivity index (χ1n) is 5.47. The maximum Gasteiger partial charge on any atom is 0.418 e. The number of amides is 1. The number of ether oxygens (including phenoxy) is 1. The Morgan fingerprint density at radius 2 is 2.20 bits per heavy atom. The van der Waals surface area contributed by atoms with Crippen LogP contribution in [-0.4, -0.2) is 33.5 Å². The van der Waals surface area contributed by atoms with E-state index in [1.165, 1.54) is 6.26 Å². The molecule has 0 aromatic heterocycles. The van der Waals surface area contributed by atoms with Crippen LogP contribution in [0.15, 0.2) is 18.2 Å². The average molecular weight is 304 g/mol. The number of nitro benzene ring substituents is 1. The Morgan fingerprint density at radius 3 is 2.75 bits per heavy atom. The second kappa shape index (κ2) is 6.33. The van der Waals surface area contributed by atoms with Crippen molar-refractivity contribution in [1.29, 1.82) is 0 Å². The largest absolute Gasteiger partial charge is 0.449 e. The fourth-order valence-electron chi connectivity index (χ4n) is 1.38. The summed E-state index contributed by atoms with van der Waals surface area (Å²) in [6.07, 6.45) is 0.308. The number of benzene rings is 1. The quantitative estimate of drug-likeness (QED) is 0.516. The third-order valence-electron chi connectivity index (χ3n) is 2.04. The van der Waals surface area contributed by atoms with Gasteiger partial charge in [-0.1, -0.05) is 0 Å². The number of nitrogens with zero attached hydrogens (tertiary/aromatic N) is 1. The first-order valence-corrected chi connectivity index (χ1v) is 7.50. The molecule has 1 aromatic carbocycles.